The summed E-state index contributed by atoms with van der Waals surface area (Å²) in [4.78, 5) is 11.4. The molecule has 0 heterocycles. The average molecular weight is 245 g/mol. The molecule has 88 valence electrons. The average Bonchev–Trinajstić information content (AvgIpc) is 2.25. The van der Waals surface area contributed by atoms with Crippen LogP contribution in [-0.2, 0) is 4.79 Å². The first-order valence-electron chi connectivity index (χ1n) is 3.73. The van der Waals surface area contributed by atoms with E-state index in [1.54, 1.807) is 0 Å². The van der Waals surface area contributed by atoms with E-state index in [0.717, 1.165) is 0 Å². The number of nitrogens with zero attached hydrogens (tertiary/aromatic N) is 3. The van der Waals surface area contributed by atoms with Crippen LogP contribution in [0.15, 0.2) is 0 Å². The van der Waals surface area contributed by atoms with E-state index in [0.29, 0.717) is 0 Å². The molecule has 10 heteroatoms. The molecule has 0 aromatic heterocycles. The van der Waals surface area contributed by atoms with Crippen molar-refractivity contribution in [3.8, 4) is 0 Å². The van der Waals surface area contributed by atoms with Gasteiger partial charge < -0.3 is 41.4 Å². The molecule has 0 saturated carbocycles. The molecular formula is C6H12N3NaO6. The Morgan fingerprint density at radius 2 is 1.50 bits per heavy atom. The van der Waals surface area contributed by atoms with Crippen molar-refractivity contribution in [3.05, 3.63) is 16.0 Å². The summed E-state index contributed by atoms with van der Waals surface area (Å²) in [6.07, 6.45) is -6.84. The van der Waals surface area contributed by atoms with Gasteiger partial charge in [-0.25, -0.2) is 0 Å². The van der Waals surface area contributed by atoms with Gasteiger partial charge in [-0.2, -0.15) is 0 Å². The molecule has 0 rings (SSSR count). The molecule has 0 aromatic rings. The van der Waals surface area contributed by atoms with Gasteiger partial charge in [-0.15, -0.1) is 0 Å². The van der Waals surface area contributed by atoms with Gasteiger partial charge in [0.05, 0.1) is 6.61 Å². The molecule has 16 heavy (non-hydrogen) atoms. The summed E-state index contributed by atoms with van der Waals surface area (Å²) < 4.78 is 0. The maximum absolute atomic E-state index is 9.90. The third-order valence-electron chi connectivity index (χ3n) is 1.42. The van der Waals surface area contributed by atoms with Crippen LogP contribution in [0.4, 0.5) is 0 Å². The first-order chi connectivity index (χ1) is 6.95. The third kappa shape index (κ3) is 9.04. The zero-order valence-electron chi connectivity index (χ0n) is 8.58. The number of aliphatic hydroxyl groups excluding tert-OH is 5. The van der Waals surface area contributed by atoms with Gasteiger partial charge in [-0.05, 0) is 0 Å². The van der Waals surface area contributed by atoms with Crippen molar-refractivity contribution in [2.24, 2.45) is 0 Å². The largest absolute Gasteiger partial charge is 1.00 e. The molecule has 0 aromatic carbocycles. The van der Waals surface area contributed by atoms with Crippen LogP contribution in [0.5, 0.6) is 0 Å². The van der Waals surface area contributed by atoms with Crippen molar-refractivity contribution in [1.29, 1.82) is 0 Å². The van der Waals surface area contributed by atoms with E-state index in [-0.39, 0.29) is 35.8 Å². The number of aliphatic hydroxyl groups is 5. The van der Waals surface area contributed by atoms with E-state index in [2.05, 4.69) is 0 Å². The fraction of sp³-hybridized carbons (Fsp3) is 0.833. The smallest absolute Gasteiger partial charge is 0.394 e. The summed E-state index contributed by atoms with van der Waals surface area (Å²) in [5.74, 6) is 0. The second-order valence-corrected chi connectivity index (χ2v) is 2.45. The number of hydrogen-bond acceptors (Lipinski definition) is 6. The minimum absolute atomic E-state index is 0. The molecule has 9 nitrogen and oxygen atoms in total. The van der Waals surface area contributed by atoms with Crippen LogP contribution in [0.1, 0.15) is 0 Å². The van der Waals surface area contributed by atoms with Crippen molar-refractivity contribution < 1.29 is 59.9 Å². The molecule has 0 saturated heterocycles. The normalized spacial score (nSPS) is 16.3. The summed E-state index contributed by atoms with van der Waals surface area (Å²) in [5, 5.41) is 43.5. The quantitative estimate of drug-likeness (QED) is 0.106. The van der Waals surface area contributed by atoms with E-state index in [1.807, 2.05) is 0 Å². The molecule has 0 radical (unpaired) electrons. The standard InChI is InChI=1S/C6H12O6.N3.Na/c7-1-3(9)5(11)6(12)4(10)2-8;1-3-2;/h1,3-6,8-12H,2H2;;/q;-1;+1. The van der Waals surface area contributed by atoms with Crippen molar-refractivity contribution in [2.45, 2.75) is 24.4 Å². The van der Waals surface area contributed by atoms with Gasteiger partial charge in [-0.3, -0.25) is 4.91 Å². The van der Waals surface area contributed by atoms with Gasteiger partial charge in [0.15, 0.2) is 6.29 Å². The first-order valence-corrected chi connectivity index (χ1v) is 3.73. The van der Waals surface area contributed by atoms with Crippen LogP contribution in [0, 0.1) is 0 Å². The Kier molecular flexibility index (Phi) is 16.9. The molecule has 0 bridgehead atoms. The van der Waals surface area contributed by atoms with Crippen LogP contribution in [0.25, 0.3) is 16.0 Å². The molecule has 0 aliphatic heterocycles. The predicted molar refractivity (Wildman–Crippen MR) is 47.3 cm³/mol. The number of carbonyl (C=O) groups is 1. The van der Waals surface area contributed by atoms with Gasteiger partial charge in [0.25, 0.3) is 0 Å². The minimum Gasteiger partial charge on any atom is -0.394 e. The van der Waals surface area contributed by atoms with E-state index < -0.39 is 31.0 Å². The van der Waals surface area contributed by atoms with Crippen LogP contribution >= 0.6 is 0 Å². The second kappa shape index (κ2) is 12.8. The summed E-state index contributed by atoms with van der Waals surface area (Å²) in [5.41, 5.74) is 13.5. The molecule has 4 unspecified atom stereocenters. The summed E-state index contributed by atoms with van der Waals surface area (Å²) >= 11 is 0. The molecule has 0 spiro atoms. The monoisotopic (exact) mass is 245 g/mol. The van der Waals surface area contributed by atoms with E-state index in [4.69, 9.17) is 36.6 Å². The van der Waals surface area contributed by atoms with Crippen LogP contribution in [0.3, 0.4) is 0 Å². The second-order valence-electron chi connectivity index (χ2n) is 2.45. The van der Waals surface area contributed by atoms with Crippen LogP contribution in [0.2, 0.25) is 0 Å². The zero-order valence-corrected chi connectivity index (χ0v) is 10.6. The van der Waals surface area contributed by atoms with E-state index >= 15 is 0 Å². The molecule has 0 amide bonds. The van der Waals surface area contributed by atoms with E-state index in [9.17, 15) is 4.79 Å². The molecule has 0 aliphatic rings. The van der Waals surface area contributed by atoms with Gasteiger partial charge in [0, 0.05) is 0 Å². The summed E-state index contributed by atoms with van der Waals surface area (Å²) in [6.45, 7) is -0.760. The SMILES string of the molecule is O=CC(O)C(O)C(O)C(O)CO.[N-]=[N+]=[N-].[Na+]. The van der Waals surface area contributed by atoms with Crippen molar-refractivity contribution in [3.63, 3.8) is 0 Å². The van der Waals surface area contributed by atoms with Crippen LogP contribution in [-0.4, -0.2) is 62.8 Å². The number of aldehydes is 1. The molecule has 0 fully saturated rings. The Morgan fingerprint density at radius 3 is 1.75 bits per heavy atom. The predicted octanol–water partition coefficient (Wildman–Crippen LogP) is -5.51. The minimum atomic E-state index is -1.79. The van der Waals surface area contributed by atoms with E-state index in [1.165, 1.54) is 4.91 Å². The Bertz CT molecular complexity index is 212. The van der Waals surface area contributed by atoms with Crippen LogP contribution < -0.4 is 29.6 Å². The Morgan fingerprint density at radius 1 is 1.12 bits per heavy atom. The van der Waals surface area contributed by atoms with Crippen molar-refractivity contribution >= 4 is 6.29 Å². The topological polar surface area (TPSA) is 177 Å². The van der Waals surface area contributed by atoms with Crippen molar-refractivity contribution in [2.75, 3.05) is 6.61 Å². The van der Waals surface area contributed by atoms with Crippen molar-refractivity contribution in [1.82, 2.24) is 0 Å². The fourth-order valence-electron chi connectivity index (χ4n) is 0.618. The third-order valence-corrected chi connectivity index (χ3v) is 1.42. The number of hydrogen-bond donors (Lipinski definition) is 5. The zero-order chi connectivity index (χ0) is 12.4. The van der Waals surface area contributed by atoms with Gasteiger partial charge in [0.2, 0.25) is 0 Å². The molecule has 5 N–H and O–H groups in total. The Hall–Kier alpha value is -0.220. The van der Waals surface area contributed by atoms with Gasteiger partial charge in [0.1, 0.15) is 24.4 Å². The maximum atomic E-state index is 9.90. The molecule has 4 atom stereocenters. The number of rotatable bonds is 5. The Balaban J connectivity index is -0.000000377. The van der Waals surface area contributed by atoms with Gasteiger partial charge >= 0.3 is 29.6 Å². The maximum Gasteiger partial charge on any atom is 1.00 e. The fourth-order valence-corrected chi connectivity index (χ4v) is 0.618. The summed E-state index contributed by atoms with van der Waals surface area (Å²) in [7, 11) is 0. The first kappa shape index (κ1) is 21.1. The molecule has 0 aliphatic carbocycles. The number of carbonyl (C=O) groups excluding carboxylic acids is 1. The summed E-state index contributed by atoms with van der Waals surface area (Å²) in [6, 6.07) is 0. The van der Waals surface area contributed by atoms with Gasteiger partial charge in [-0.1, -0.05) is 0 Å². The Labute approximate surface area is 113 Å². The molecular weight excluding hydrogens is 233 g/mol.